The summed E-state index contributed by atoms with van der Waals surface area (Å²) in [5.74, 6) is 0.794. The number of fused-ring (bicyclic) bond motifs is 6. The summed E-state index contributed by atoms with van der Waals surface area (Å²) in [6, 6.07) is 0. The summed E-state index contributed by atoms with van der Waals surface area (Å²) >= 11 is 0. The average molecular weight is 457 g/mol. The van der Waals surface area contributed by atoms with Crippen LogP contribution in [0, 0.1) is 44.3 Å². The Labute approximate surface area is 201 Å². The standard InChI is InChI=1S/C30H48O3/c1-25(2)13-15-30(19-32)16-14-28(5)20(21(30)17-25)7-8-23-26(3)11-10-24(33)27(4,18-31)22(26)9-12-29(23,28)6/h7-8,22-24,31-33H,9-19H2,1-6H3/t22-,23+,24+,26-,27-,28-,29+,30+/m0/s1. The summed E-state index contributed by atoms with van der Waals surface area (Å²) in [6.07, 6.45) is 14.4. The molecular weight excluding hydrogens is 408 g/mol. The Morgan fingerprint density at radius 3 is 2.21 bits per heavy atom. The van der Waals surface area contributed by atoms with Crippen molar-refractivity contribution < 1.29 is 15.3 Å². The Balaban J connectivity index is 1.65. The van der Waals surface area contributed by atoms with Gasteiger partial charge in [0, 0.05) is 10.8 Å². The first kappa shape index (κ1) is 24.1. The molecule has 3 fully saturated rings. The Hall–Kier alpha value is -0.640. The van der Waals surface area contributed by atoms with Crippen LogP contribution in [0.4, 0.5) is 0 Å². The average Bonchev–Trinajstić information content (AvgIpc) is 2.77. The van der Waals surface area contributed by atoms with Crippen LogP contribution in [0.5, 0.6) is 0 Å². The SMILES string of the molecule is CC1(C)CC[C@]2(CO)CC[C@@]3(C)C(=C2C1)C=C[C@@H]1[C@@]2(C)CC[C@@H](O)[C@@](C)(CO)[C@H]2CC[C@]13C. The van der Waals surface area contributed by atoms with E-state index in [0.29, 0.717) is 23.9 Å². The first-order valence-corrected chi connectivity index (χ1v) is 13.6. The fraction of sp³-hybridized carbons (Fsp3) is 0.867. The van der Waals surface area contributed by atoms with Gasteiger partial charge in [-0.15, -0.1) is 0 Å². The summed E-state index contributed by atoms with van der Waals surface area (Å²) < 4.78 is 0. The van der Waals surface area contributed by atoms with Crippen molar-refractivity contribution in [1.29, 1.82) is 0 Å². The fourth-order valence-electron chi connectivity index (χ4n) is 9.98. The van der Waals surface area contributed by atoms with Gasteiger partial charge in [-0.25, -0.2) is 0 Å². The monoisotopic (exact) mass is 456 g/mol. The minimum absolute atomic E-state index is 0.0105. The molecule has 0 saturated heterocycles. The van der Waals surface area contributed by atoms with Crippen molar-refractivity contribution in [3.05, 3.63) is 23.3 Å². The smallest absolute Gasteiger partial charge is 0.0618 e. The Morgan fingerprint density at radius 2 is 1.55 bits per heavy atom. The normalized spacial score (nSPS) is 53.1. The van der Waals surface area contributed by atoms with Crippen molar-refractivity contribution in [2.75, 3.05) is 13.2 Å². The van der Waals surface area contributed by atoms with Crippen LogP contribution >= 0.6 is 0 Å². The molecule has 33 heavy (non-hydrogen) atoms. The first-order valence-electron chi connectivity index (χ1n) is 13.6. The molecule has 0 aromatic carbocycles. The molecule has 5 rings (SSSR count). The van der Waals surface area contributed by atoms with E-state index in [-0.39, 0.29) is 28.3 Å². The van der Waals surface area contributed by atoms with Gasteiger partial charge < -0.3 is 15.3 Å². The van der Waals surface area contributed by atoms with Crippen molar-refractivity contribution in [1.82, 2.24) is 0 Å². The van der Waals surface area contributed by atoms with Gasteiger partial charge in [0.2, 0.25) is 0 Å². The lowest BCUT2D eigenvalue weighted by atomic mass is 9.35. The maximum atomic E-state index is 10.9. The predicted octanol–water partition coefficient (Wildman–Crippen LogP) is 6.03. The number of allylic oxidation sites excluding steroid dienone is 3. The zero-order valence-corrected chi connectivity index (χ0v) is 22.0. The van der Waals surface area contributed by atoms with Crippen molar-refractivity contribution in [2.24, 2.45) is 44.3 Å². The highest BCUT2D eigenvalue weighted by Gasteiger charge is 2.67. The first-order chi connectivity index (χ1) is 15.3. The second kappa shape index (κ2) is 7.20. The van der Waals surface area contributed by atoms with Gasteiger partial charge in [0.25, 0.3) is 0 Å². The Bertz CT molecular complexity index is 887. The van der Waals surface area contributed by atoms with Crippen LogP contribution in [0.1, 0.15) is 99.3 Å². The summed E-state index contributed by atoms with van der Waals surface area (Å²) in [4.78, 5) is 0. The number of rotatable bonds is 2. The molecule has 5 aliphatic rings. The van der Waals surface area contributed by atoms with E-state index in [2.05, 4.69) is 53.7 Å². The van der Waals surface area contributed by atoms with Crippen LogP contribution < -0.4 is 0 Å². The van der Waals surface area contributed by atoms with Gasteiger partial charge in [0.15, 0.2) is 0 Å². The van der Waals surface area contributed by atoms with E-state index in [9.17, 15) is 15.3 Å². The summed E-state index contributed by atoms with van der Waals surface area (Å²) in [6.45, 7) is 14.9. The van der Waals surface area contributed by atoms with E-state index in [0.717, 1.165) is 51.4 Å². The lowest BCUT2D eigenvalue weighted by Crippen LogP contribution is -2.64. The second-order valence-electron chi connectivity index (χ2n) is 14.6. The molecule has 0 radical (unpaired) electrons. The molecular formula is C30H48O3. The minimum Gasteiger partial charge on any atom is -0.396 e. The van der Waals surface area contributed by atoms with Crippen molar-refractivity contribution in [2.45, 2.75) is 105 Å². The van der Waals surface area contributed by atoms with Crippen LogP contribution in [0.15, 0.2) is 23.3 Å². The van der Waals surface area contributed by atoms with E-state index < -0.39 is 11.5 Å². The third-order valence-corrected chi connectivity index (χ3v) is 12.6. The largest absolute Gasteiger partial charge is 0.396 e. The highest BCUT2D eigenvalue weighted by molar-refractivity contribution is 5.46. The highest BCUT2D eigenvalue weighted by atomic mass is 16.3. The zero-order valence-electron chi connectivity index (χ0n) is 22.0. The van der Waals surface area contributed by atoms with Crippen LogP contribution in [-0.2, 0) is 0 Å². The van der Waals surface area contributed by atoms with Crippen molar-refractivity contribution >= 4 is 0 Å². The molecule has 0 spiro atoms. The quantitative estimate of drug-likeness (QED) is 0.475. The second-order valence-corrected chi connectivity index (χ2v) is 14.6. The maximum Gasteiger partial charge on any atom is 0.0618 e. The summed E-state index contributed by atoms with van der Waals surface area (Å²) in [7, 11) is 0. The molecule has 0 aromatic heterocycles. The van der Waals surface area contributed by atoms with Crippen molar-refractivity contribution in [3.63, 3.8) is 0 Å². The van der Waals surface area contributed by atoms with Crippen LogP contribution in [0.3, 0.4) is 0 Å². The van der Waals surface area contributed by atoms with Gasteiger partial charge in [-0.3, -0.25) is 0 Å². The van der Waals surface area contributed by atoms with E-state index in [4.69, 9.17) is 0 Å². The molecule has 5 aliphatic carbocycles. The topological polar surface area (TPSA) is 60.7 Å². The summed E-state index contributed by atoms with van der Waals surface area (Å²) in [5.41, 5.74) is 3.38. The lowest BCUT2D eigenvalue weighted by Gasteiger charge is -2.69. The molecule has 3 saturated carbocycles. The van der Waals surface area contributed by atoms with Gasteiger partial charge in [-0.1, -0.05) is 59.3 Å². The van der Waals surface area contributed by atoms with Crippen LogP contribution in [-0.4, -0.2) is 34.6 Å². The maximum absolute atomic E-state index is 10.9. The molecule has 0 aromatic rings. The van der Waals surface area contributed by atoms with Gasteiger partial charge >= 0.3 is 0 Å². The highest BCUT2D eigenvalue weighted by Crippen LogP contribution is 2.74. The minimum atomic E-state index is -0.409. The predicted molar refractivity (Wildman–Crippen MR) is 134 cm³/mol. The van der Waals surface area contributed by atoms with Gasteiger partial charge in [0.1, 0.15) is 0 Å². The lowest BCUT2D eigenvalue weighted by molar-refractivity contribution is -0.198. The number of hydrogen-bond donors (Lipinski definition) is 3. The van der Waals surface area contributed by atoms with E-state index in [1.807, 2.05) is 0 Å². The van der Waals surface area contributed by atoms with E-state index in [1.54, 1.807) is 11.1 Å². The van der Waals surface area contributed by atoms with Crippen LogP contribution in [0.25, 0.3) is 0 Å². The molecule has 0 unspecified atom stereocenters. The fourth-order valence-corrected chi connectivity index (χ4v) is 9.98. The Kier molecular flexibility index (Phi) is 5.25. The zero-order chi connectivity index (χ0) is 24.1. The molecule has 8 atom stereocenters. The number of hydrogen-bond acceptors (Lipinski definition) is 3. The van der Waals surface area contributed by atoms with Gasteiger partial charge in [-0.2, -0.15) is 0 Å². The number of aliphatic hydroxyl groups is 3. The van der Waals surface area contributed by atoms with E-state index in [1.165, 1.54) is 6.42 Å². The third-order valence-electron chi connectivity index (χ3n) is 12.6. The molecule has 3 N–H and O–H groups in total. The van der Waals surface area contributed by atoms with Gasteiger partial charge in [0.05, 0.1) is 19.3 Å². The molecule has 0 bridgehead atoms. The molecule has 186 valence electrons. The molecule has 0 aliphatic heterocycles. The Morgan fingerprint density at radius 1 is 0.848 bits per heavy atom. The van der Waals surface area contributed by atoms with E-state index >= 15 is 0 Å². The van der Waals surface area contributed by atoms with Gasteiger partial charge in [-0.05, 0) is 96.9 Å². The van der Waals surface area contributed by atoms with Crippen LogP contribution in [0.2, 0.25) is 0 Å². The number of aliphatic hydroxyl groups excluding tert-OH is 3. The summed E-state index contributed by atoms with van der Waals surface area (Å²) in [5, 5.41) is 31.9. The molecule has 3 nitrogen and oxygen atoms in total. The molecule has 0 heterocycles. The van der Waals surface area contributed by atoms with Crippen molar-refractivity contribution in [3.8, 4) is 0 Å². The third kappa shape index (κ3) is 2.91. The molecule has 3 heteroatoms. The molecule has 0 amide bonds.